The number of thiazole rings is 1. The minimum atomic E-state index is -4.92. The first-order valence-corrected chi connectivity index (χ1v) is 10.6. The van der Waals surface area contributed by atoms with Crippen LogP contribution in [0.15, 0.2) is 30.5 Å². The number of alkyl halides is 3. The molecule has 3 rings (SSSR count). The molecule has 0 bridgehead atoms. The molecule has 15 heteroatoms. The molecule has 2 aromatic heterocycles. The van der Waals surface area contributed by atoms with Crippen LogP contribution in [0.5, 0.6) is 0 Å². The van der Waals surface area contributed by atoms with Gasteiger partial charge < -0.3 is 15.5 Å². The molecule has 0 radical (unpaired) electrons. The van der Waals surface area contributed by atoms with Gasteiger partial charge in [-0.25, -0.2) is 19.2 Å². The number of amides is 1. The first-order valence-electron chi connectivity index (χ1n) is 9.01. The number of benzene rings is 1. The average Bonchev–Trinajstić information content (AvgIpc) is 3.11. The summed E-state index contributed by atoms with van der Waals surface area (Å²) in [4.78, 5) is 31.4. The summed E-state index contributed by atoms with van der Waals surface area (Å²) in [6.07, 6.45) is -3.85. The zero-order chi connectivity index (χ0) is 25.2. The van der Waals surface area contributed by atoms with Crippen molar-refractivity contribution in [1.29, 1.82) is 0 Å². The highest BCUT2D eigenvalue weighted by atomic mass is 35.5. The van der Waals surface area contributed by atoms with Crippen LogP contribution in [0.4, 0.5) is 28.5 Å². The quantitative estimate of drug-likeness (QED) is 0.319. The molecule has 0 aliphatic carbocycles. The summed E-state index contributed by atoms with van der Waals surface area (Å²) in [5, 5.41) is 22.6. The van der Waals surface area contributed by atoms with Crippen LogP contribution < -0.4 is 10.6 Å². The van der Waals surface area contributed by atoms with Gasteiger partial charge in [0.2, 0.25) is 0 Å². The Labute approximate surface area is 202 Å². The molecule has 1 aromatic carbocycles. The fourth-order valence-electron chi connectivity index (χ4n) is 2.61. The number of pyridine rings is 1. The summed E-state index contributed by atoms with van der Waals surface area (Å²) in [5.41, 5.74) is -1.74. The number of carboxylic acids is 1. The lowest BCUT2D eigenvalue weighted by molar-refractivity contribution is -0.140. The van der Waals surface area contributed by atoms with E-state index in [4.69, 9.17) is 33.4 Å². The number of rotatable bonds is 7. The molecule has 0 spiro atoms. The second kappa shape index (κ2) is 10.1. The van der Waals surface area contributed by atoms with Gasteiger partial charge in [-0.3, -0.25) is 10.1 Å². The Kier molecular flexibility index (Phi) is 7.60. The number of carbonyl (C=O) groups excluding carboxylic acids is 1. The van der Waals surface area contributed by atoms with Crippen LogP contribution in [-0.4, -0.2) is 44.7 Å². The molecule has 34 heavy (non-hydrogen) atoms. The summed E-state index contributed by atoms with van der Waals surface area (Å²) in [6, 6.07) is 2.08. The van der Waals surface area contributed by atoms with Gasteiger partial charge in [0.05, 0.1) is 22.8 Å². The van der Waals surface area contributed by atoms with Crippen molar-refractivity contribution in [2.24, 2.45) is 0 Å². The highest BCUT2D eigenvalue weighted by Crippen LogP contribution is 2.39. The molecule has 3 aromatic rings. The van der Waals surface area contributed by atoms with Gasteiger partial charge in [0.1, 0.15) is 27.7 Å². The Hall–Kier alpha value is -3.00. The molecular formula is C19H12Cl2F4N4O4S. The van der Waals surface area contributed by atoms with E-state index >= 15 is 0 Å². The molecule has 1 unspecified atom stereocenters. The van der Waals surface area contributed by atoms with Crippen LogP contribution in [0.25, 0.3) is 11.3 Å². The van der Waals surface area contributed by atoms with Crippen molar-refractivity contribution in [1.82, 2.24) is 9.97 Å². The third-order valence-corrected chi connectivity index (χ3v) is 5.70. The van der Waals surface area contributed by atoms with E-state index in [0.717, 1.165) is 23.6 Å². The smallest absolute Gasteiger partial charge is 0.419 e. The van der Waals surface area contributed by atoms with Crippen LogP contribution in [0.3, 0.4) is 0 Å². The number of aliphatic hydroxyl groups is 1. The van der Waals surface area contributed by atoms with Gasteiger partial charge >= 0.3 is 12.1 Å². The molecule has 0 saturated carbocycles. The second-order valence-corrected chi connectivity index (χ2v) is 8.57. The van der Waals surface area contributed by atoms with Gasteiger partial charge in [-0.05, 0) is 24.3 Å². The van der Waals surface area contributed by atoms with Crippen LogP contribution in [0.2, 0.25) is 9.36 Å². The number of nitrogens with one attached hydrogen (secondary N) is 2. The van der Waals surface area contributed by atoms with E-state index in [0.29, 0.717) is 12.1 Å². The molecular weight excluding hydrogens is 527 g/mol. The lowest BCUT2D eigenvalue weighted by Gasteiger charge is -2.13. The fraction of sp³-hybridized carbons (Fsp3) is 0.158. The monoisotopic (exact) mass is 538 g/mol. The largest absolute Gasteiger partial charge is 0.480 e. The Morgan fingerprint density at radius 1 is 1.21 bits per heavy atom. The molecule has 0 aliphatic heterocycles. The van der Waals surface area contributed by atoms with Crippen molar-refractivity contribution < 1.29 is 37.4 Å². The summed E-state index contributed by atoms with van der Waals surface area (Å²) < 4.78 is 52.5. The minimum absolute atomic E-state index is 0.0468. The van der Waals surface area contributed by atoms with Crippen molar-refractivity contribution in [3.05, 3.63) is 56.8 Å². The van der Waals surface area contributed by atoms with Gasteiger partial charge in [0, 0.05) is 11.8 Å². The highest BCUT2D eigenvalue weighted by molar-refractivity contribution is 7.20. The topological polar surface area (TPSA) is 124 Å². The number of nitrogens with zero attached hydrogens (tertiary/aromatic N) is 2. The zero-order valence-corrected chi connectivity index (χ0v) is 18.8. The lowest BCUT2D eigenvalue weighted by Crippen LogP contribution is -2.33. The molecule has 2 heterocycles. The highest BCUT2D eigenvalue weighted by Gasteiger charge is 2.34. The van der Waals surface area contributed by atoms with E-state index < -0.39 is 42.1 Å². The fourth-order valence-corrected chi connectivity index (χ4v) is 3.91. The van der Waals surface area contributed by atoms with E-state index in [1.807, 2.05) is 0 Å². The molecule has 4 N–H and O–H groups in total. The third-order valence-electron chi connectivity index (χ3n) is 4.25. The number of hydrogen-bond donors (Lipinski definition) is 4. The van der Waals surface area contributed by atoms with Gasteiger partial charge in [-0.15, -0.1) is 0 Å². The maximum atomic E-state index is 13.5. The number of carbonyl (C=O) groups is 2. The molecule has 1 atom stereocenters. The standard InChI is InChI=1S/C19H12Cl2F4N4O4S/c20-10-4-8(5-26-15(10)27-12(6-30)17(32)33)16(31)29-18-28-13(14(21)34-18)7-1-2-11(22)9(3-7)19(23,24)25/h1-5,12,30H,6H2,(H,26,27)(H,32,33)(H,28,29,31). The summed E-state index contributed by atoms with van der Waals surface area (Å²) in [6.45, 7) is -0.735. The van der Waals surface area contributed by atoms with Crippen molar-refractivity contribution in [3.8, 4) is 11.3 Å². The van der Waals surface area contributed by atoms with Gasteiger partial charge in [-0.2, -0.15) is 13.2 Å². The van der Waals surface area contributed by atoms with E-state index in [9.17, 15) is 27.2 Å². The SMILES string of the molecule is O=C(Nc1nc(-c2ccc(F)c(C(F)(F)F)c2)c(Cl)s1)c1cnc(NC(CO)C(=O)O)c(Cl)c1. The predicted molar refractivity (Wildman–Crippen MR) is 117 cm³/mol. The van der Waals surface area contributed by atoms with Crippen molar-refractivity contribution in [3.63, 3.8) is 0 Å². The van der Waals surface area contributed by atoms with E-state index in [1.165, 1.54) is 6.07 Å². The van der Waals surface area contributed by atoms with Crippen molar-refractivity contribution in [2.75, 3.05) is 17.2 Å². The second-order valence-electron chi connectivity index (χ2n) is 6.56. The van der Waals surface area contributed by atoms with Crippen LogP contribution in [-0.2, 0) is 11.0 Å². The number of aromatic nitrogens is 2. The van der Waals surface area contributed by atoms with Crippen LogP contribution in [0, 0.1) is 5.82 Å². The molecule has 8 nitrogen and oxygen atoms in total. The Balaban J connectivity index is 1.80. The Morgan fingerprint density at radius 3 is 2.50 bits per heavy atom. The summed E-state index contributed by atoms with van der Waals surface area (Å²) >= 11 is 12.8. The van der Waals surface area contributed by atoms with Gasteiger partial charge in [-0.1, -0.05) is 34.5 Å². The van der Waals surface area contributed by atoms with E-state index in [1.54, 1.807) is 0 Å². The predicted octanol–water partition coefficient (Wildman–Crippen LogP) is 4.78. The van der Waals surface area contributed by atoms with Crippen LogP contribution >= 0.6 is 34.5 Å². The molecule has 180 valence electrons. The number of anilines is 2. The summed E-state index contributed by atoms with van der Waals surface area (Å²) in [7, 11) is 0. The molecule has 0 fully saturated rings. The lowest BCUT2D eigenvalue weighted by atomic mass is 10.1. The number of hydrogen-bond acceptors (Lipinski definition) is 7. The number of aliphatic carboxylic acids is 1. The van der Waals surface area contributed by atoms with Gasteiger partial charge in [0.15, 0.2) is 5.13 Å². The number of carboxylic acid groups (broad SMARTS) is 1. The zero-order valence-electron chi connectivity index (χ0n) is 16.5. The Bertz CT molecular complexity index is 1260. The third kappa shape index (κ3) is 5.73. The first kappa shape index (κ1) is 25.6. The van der Waals surface area contributed by atoms with Gasteiger partial charge in [0.25, 0.3) is 5.91 Å². The first-order chi connectivity index (χ1) is 15.9. The van der Waals surface area contributed by atoms with E-state index in [2.05, 4.69) is 20.6 Å². The molecule has 0 saturated heterocycles. The molecule has 1 amide bonds. The van der Waals surface area contributed by atoms with Crippen LogP contribution in [0.1, 0.15) is 15.9 Å². The maximum absolute atomic E-state index is 13.5. The van der Waals surface area contributed by atoms with Crippen molar-refractivity contribution in [2.45, 2.75) is 12.2 Å². The van der Waals surface area contributed by atoms with E-state index in [-0.39, 0.29) is 37.1 Å². The number of aliphatic hydroxyl groups excluding tert-OH is 1. The summed E-state index contributed by atoms with van der Waals surface area (Å²) in [5.74, 6) is -3.63. The Morgan fingerprint density at radius 2 is 1.91 bits per heavy atom. The maximum Gasteiger partial charge on any atom is 0.419 e. The average molecular weight is 539 g/mol. The normalized spacial score (nSPS) is 12.3. The minimum Gasteiger partial charge on any atom is -0.480 e. The van der Waals surface area contributed by atoms with Crippen molar-refractivity contribution >= 4 is 57.4 Å². The molecule has 0 aliphatic rings. The number of halogens is 6.